The van der Waals surface area contributed by atoms with Crippen LogP contribution in [0.25, 0.3) is 22.4 Å². The van der Waals surface area contributed by atoms with E-state index in [0.717, 1.165) is 36.6 Å². The van der Waals surface area contributed by atoms with E-state index in [9.17, 15) is 9.18 Å². The van der Waals surface area contributed by atoms with E-state index in [4.69, 9.17) is 0 Å². The lowest BCUT2D eigenvalue weighted by Gasteiger charge is -2.28. The van der Waals surface area contributed by atoms with Crippen LogP contribution in [0, 0.1) is 17.7 Å². The highest BCUT2D eigenvalue weighted by Gasteiger charge is 2.26. The summed E-state index contributed by atoms with van der Waals surface area (Å²) >= 11 is 0. The third-order valence-corrected chi connectivity index (χ3v) is 6.21. The molecule has 1 N–H and O–H groups in total. The van der Waals surface area contributed by atoms with Crippen LogP contribution in [0.15, 0.2) is 49.3 Å². The zero-order valence-electron chi connectivity index (χ0n) is 17.5. The maximum Gasteiger partial charge on any atom is 0.181 e. The van der Waals surface area contributed by atoms with Gasteiger partial charge in [0.15, 0.2) is 17.4 Å². The van der Waals surface area contributed by atoms with Gasteiger partial charge in [-0.1, -0.05) is 18.9 Å². The van der Waals surface area contributed by atoms with Crippen LogP contribution in [0.5, 0.6) is 0 Å². The standard InChI is InChI=1S/C24H23FN6O/c25-19-13-29-24(18-12-28-23-17(18)11-26-14-30-23)31-21(19)9-15-4-3-5-16(8-15)10-22(32)20-6-1-2-7-27-20/h1-2,6-7,11-16H,3-5,8-10H2,(H,26,28,30)/t15-,16+/m1/s1. The molecule has 0 unspecified atom stereocenters. The molecule has 0 spiro atoms. The van der Waals surface area contributed by atoms with Crippen molar-refractivity contribution in [2.75, 3.05) is 0 Å². The summed E-state index contributed by atoms with van der Waals surface area (Å²) < 4.78 is 14.6. The van der Waals surface area contributed by atoms with E-state index < -0.39 is 5.82 Å². The first-order valence-corrected chi connectivity index (χ1v) is 10.9. The van der Waals surface area contributed by atoms with Crippen LogP contribution in [-0.2, 0) is 6.42 Å². The number of carbonyl (C=O) groups is 1. The number of nitrogens with one attached hydrogen (secondary N) is 1. The molecule has 1 saturated carbocycles. The molecule has 2 atom stereocenters. The summed E-state index contributed by atoms with van der Waals surface area (Å²) in [6, 6.07) is 5.40. The molecule has 7 nitrogen and oxygen atoms in total. The number of hydrogen-bond acceptors (Lipinski definition) is 6. The minimum Gasteiger partial charge on any atom is -0.345 e. The number of ketones is 1. The molecule has 162 valence electrons. The van der Waals surface area contributed by atoms with Crippen molar-refractivity contribution in [2.24, 2.45) is 11.8 Å². The number of hydrogen-bond donors (Lipinski definition) is 1. The summed E-state index contributed by atoms with van der Waals surface area (Å²) in [6.07, 6.45) is 12.8. The first-order valence-electron chi connectivity index (χ1n) is 10.9. The lowest BCUT2D eigenvalue weighted by Crippen LogP contribution is -2.21. The van der Waals surface area contributed by atoms with Crippen molar-refractivity contribution >= 4 is 16.8 Å². The summed E-state index contributed by atoms with van der Waals surface area (Å²) in [4.78, 5) is 36.8. The molecule has 0 saturated heterocycles. The number of H-pyrrole nitrogens is 1. The second-order valence-electron chi connectivity index (χ2n) is 8.42. The SMILES string of the molecule is O=C(C[C@H]1CCC[C@@H](Cc2nc(-c3c[nH]c4ncncc34)ncc2F)C1)c1ccccn1. The Morgan fingerprint density at radius 3 is 2.91 bits per heavy atom. The second kappa shape index (κ2) is 8.90. The topological polar surface area (TPSA) is 97.3 Å². The fourth-order valence-electron chi connectivity index (χ4n) is 4.66. The summed E-state index contributed by atoms with van der Waals surface area (Å²) in [5.41, 5.74) is 2.38. The van der Waals surface area contributed by atoms with Gasteiger partial charge in [-0.25, -0.2) is 24.3 Å². The van der Waals surface area contributed by atoms with E-state index in [2.05, 4.69) is 29.9 Å². The molecule has 1 aliphatic carbocycles. The van der Waals surface area contributed by atoms with E-state index in [0.29, 0.717) is 41.6 Å². The number of aromatic nitrogens is 6. The number of pyridine rings is 1. The zero-order valence-corrected chi connectivity index (χ0v) is 17.5. The lowest BCUT2D eigenvalue weighted by molar-refractivity contribution is 0.0934. The van der Waals surface area contributed by atoms with Gasteiger partial charge in [0.2, 0.25) is 0 Å². The van der Waals surface area contributed by atoms with Gasteiger partial charge in [-0.3, -0.25) is 9.78 Å². The summed E-state index contributed by atoms with van der Waals surface area (Å²) in [7, 11) is 0. The average Bonchev–Trinajstić information content (AvgIpc) is 3.26. The van der Waals surface area contributed by atoms with Crippen LogP contribution in [0.4, 0.5) is 4.39 Å². The molecule has 0 amide bonds. The van der Waals surface area contributed by atoms with Crippen LogP contribution >= 0.6 is 0 Å². The molecular weight excluding hydrogens is 407 g/mol. The van der Waals surface area contributed by atoms with Crippen molar-refractivity contribution in [3.05, 3.63) is 66.5 Å². The normalized spacial score (nSPS) is 18.7. The third-order valence-electron chi connectivity index (χ3n) is 6.21. The van der Waals surface area contributed by atoms with Gasteiger partial charge >= 0.3 is 0 Å². The maximum atomic E-state index is 14.6. The first-order chi connectivity index (χ1) is 15.7. The molecule has 1 fully saturated rings. The van der Waals surface area contributed by atoms with Gasteiger partial charge in [0, 0.05) is 36.0 Å². The minimum absolute atomic E-state index is 0.0771. The molecule has 0 radical (unpaired) electrons. The van der Waals surface area contributed by atoms with E-state index in [1.165, 1.54) is 12.5 Å². The predicted molar refractivity (Wildman–Crippen MR) is 117 cm³/mol. The van der Waals surface area contributed by atoms with E-state index in [1.54, 1.807) is 30.7 Å². The Balaban J connectivity index is 1.30. The summed E-state index contributed by atoms with van der Waals surface area (Å²) in [5, 5.41) is 0.802. The van der Waals surface area contributed by atoms with Crippen molar-refractivity contribution in [1.82, 2.24) is 29.9 Å². The van der Waals surface area contributed by atoms with E-state index >= 15 is 0 Å². The number of aromatic amines is 1. The molecule has 4 aromatic rings. The molecule has 0 aliphatic heterocycles. The number of halogens is 1. The highest BCUT2D eigenvalue weighted by molar-refractivity contribution is 5.94. The third kappa shape index (κ3) is 4.26. The largest absolute Gasteiger partial charge is 0.345 e. The molecule has 8 heteroatoms. The molecule has 4 heterocycles. The van der Waals surface area contributed by atoms with Crippen LogP contribution in [0.3, 0.4) is 0 Å². The van der Waals surface area contributed by atoms with Crippen molar-refractivity contribution in [1.29, 1.82) is 0 Å². The van der Waals surface area contributed by atoms with Gasteiger partial charge in [0.05, 0.1) is 11.9 Å². The predicted octanol–water partition coefficient (Wildman–Crippen LogP) is 4.57. The Morgan fingerprint density at radius 1 is 1.12 bits per heavy atom. The van der Waals surface area contributed by atoms with Crippen molar-refractivity contribution in [3.63, 3.8) is 0 Å². The number of rotatable bonds is 6. The van der Waals surface area contributed by atoms with Crippen LogP contribution < -0.4 is 0 Å². The molecule has 0 aromatic carbocycles. The second-order valence-corrected chi connectivity index (χ2v) is 8.42. The smallest absolute Gasteiger partial charge is 0.181 e. The lowest BCUT2D eigenvalue weighted by atomic mass is 9.77. The van der Waals surface area contributed by atoms with Gasteiger partial charge in [-0.15, -0.1) is 0 Å². The Labute approximate surface area is 184 Å². The van der Waals surface area contributed by atoms with Crippen LogP contribution in [-0.4, -0.2) is 35.7 Å². The molecule has 4 aromatic heterocycles. The quantitative estimate of drug-likeness (QED) is 0.450. The monoisotopic (exact) mass is 430 g/mol. The van der Waals surface area contributed by atoms with Gasteiger partial charge < -0.3 is 4.98 Å². The Kier molecular flexibility index (Phi) is 5.66. The molecule has 32 heavy (non-hydrogen) atoms. The highest BCUT2D eigenvalue weighted by Crippen LogP contribution is 2.34. The number of fused-ring (bicyclic) bond motifs is 1. The number of Topliss-reactive ketones (excluding diaryl/α,β-unsaturated/α-hetero) is 1. The Hall–Kier alpha value is -3.55. The minimum atomic E-state index is -0.392. The molecular formula is C24H23FN6O. The van der Waals surface area contributed by atoms with E-state index in [1.807, 2.05) is 6.07 Å². The van der Waals surface area contributed by atoms with Gasteiger partial charge in [0.25, 0.3) is 0 Å². The summed E-state index contributed by atoms with van der Waals surface area (Å²) in [5.74, 6) is 0.720. The van der Waals surface area contributed by atoms with Crippen LogP contribution in [0.2, 0.25) is 0 Å². The van der Waals surface area contributed by atoms with Gasteiger partial charge in [0.1, 0.15) is 17.7 Å². The number of carbonyl (C=O) groups excluding carboxylic acids is 1. The van der Waals surface area contributed by atoms with Crippen molar-refractivity contribution in [2.45, 2.75) is 38.5 Å². The van der Waals surface area contributed by atoms with E-state index in [-0.39, 0.29) is 11.7 Å². The highest BCUT2D eigenvalue weighted by atomic mass is 19.1. The fourth-order valence-corrected chi connectivity index (χ4v) is 4.66. The Bertz CT molecular complexity index is 1240. The fraction of sp³-hybridized carbons (Fsp3) is 0.333. The maximum absolute atomic E-state index is 14.6. The zero-order chi connectivity index (χ0) is 21.9. The number of nitrogens with zero attached hydrogens (tertiary/aromatic N) is 5. The first kappa shape index (κ1) is 20.4. The van der Waals surface area contributed by atoms with Crippen molar-refractivity contribution in [3.8, 4) is 11.4 Å². The Morgan fingerprint density at radius 2 is 2.03 bits per heavy atom. The van der Waals surface area contributed by atoms with Crippen molar-refractivity contribution < 1.29 is 9.18 Å². The van der Waals surface area contributed by atoms with Crippen LogP contribution in [0.1, 0.15) is 48.3 Å². The van der Waals surface area contributed by atoms with Gasteiger partial charge in [-0.05, 0) is 43.2 Å². The molecule has 5 rings (SSSR count). The molecule has 0 bridgehead atoms. The average molecular weight is 430 g/mol. The molecule has 1 aliphatic rings. The van der Waals surface area contributed by atoms with Gasteiger partial charge in [-0.2, -0.15) is 0 Å². The summed E-state index contributed by atoms with van der Waals surface area (Å²) in [6.45, 7) is 0.